The summed E-state index contributed by atoms with van der Waals surface area (Å²) >= 11 is 1.46. The van der Waals surface area contributed by atoms with E-state index in [9.17, 15) is 0 Å². The molecule has 1 heterocycles. The quantitative estimate of drug-likeness (QED) is 0.615. The monoisotopic (exact) mass is 170 g/mol. The number of nitrogens with zero attached hydrogens (tertiary/aromatic N) is 1. The van der Waals surface area contributed by atoms with Gasteiger partial charge in [-0.15, -0.1) is 11.3 Å². The van der Waals surface area contributed by atoms with E-state index in [2.05, 4.69) is 16.9 Å². The second-order valence-electron chi connectivity index (χ2n) is 2.00. The van der Waals surface area contributed by atoms with Gasteiger partial charge in [0.25, 0.3) is 0 Å². The van der Waals surface area contributed by atoms with Crippen LogP contribution >= 0.6 is 11.3 Å². The van der Waals surface area contributed by atoms with Gasteiger partial charge >= 0.3 is 0 Å². The van der Waals surface area contributed by atoms with Gasteiger partial charge in [-0.25, -0.2) is 4.98 Å². The molecule has 5 N–H and O–H groups in total. The number of hydrogen-bond donors (Lipinski definition) is 3. The van der Waals surface area contributed by atoms with Gasteiger partial charge in [-0.05, 0) is 0 Å². The van der Waals surface area contributed by atoms with E-state index in [1.54, 1.807) is 0 Å². The highest BCUT2D eigenvalue weighted by atomic mass is 32.1. The van der Waals surface area contributed by atoms with E-state index in [1.807, 2.05) is 5.38 Å². The molecule has 0 aliphatic rings. The van der Waals surface area contributed by atoms with Crippen molar-refractivity contribution in [3.8, 4) is 0 Å². The molecule has 0 atom stereocenters. The molecular weight excluding hydrogens is 160 g/mol. The predicted molar refractivity (Wildman–Crippen MR) is 47.0 cm³/mol. The van der Waals surface area contributed by atoms with Crippen molar-refractivity contribution in [2.75, 3.05) is 5.32 Å². The topological polar surface area (TPSA) is 77.0 Å². The van der Waals surface area contributed by atoms with Gasteiger partial charge in [-0.1, -0.05) is 6.58 Å². The third-order valence-electron chi connectivity index (χ3n) is 1.03. The summed E-state index contributed by atoms with van der Waals surface area (Å²) in [6.07, 6.45) is 0. The molecule has 0 amide bonds. The highest BCUT2D eigenvalue weighted by Gasteiger charge is 1.98. The predicted octanol–water partition coefficient (Wildman–Crippen LogP) is 0.444. The first-order valence-corrected chi connectivity index (χ1v) is 3.96. The molecule has 11 heavy (non-hydrogen) atoms. The molecular formula is C6H10N4S. The minimum absolute atomic E-state index is 0.392. The summed E-state index contributed by atoms with van der Waals surface area (Å²) in [6.45, 7) is 3.94. The van der Waals surface area contributed by atoms with Crippen molar-refractivity contribution in [3.05, 3.63) is 23.5 Å². The Morgan fingerprint density at radius 3 is 3.00 bits per heavy atom. The third-order valence-corrected chi connectivity index (χ3v) is 1.83. The van der Waals surface area contributed by atoms with E-state index in [0.717, 1.165) is 10.8 Å². The summed E-state index contributed by atoms with van der Waals surface area (Å²) in [6, 6.07) is 0. The molecule has 1 aromatic heterocycles. The van der Waals surface area contributed by atoms with E-state index in [1.165, 1.54) is 11.3 Å². The smallest absolute Gasteiger partial charge is 0.188 e. The van der Waals surface area contributed by atoms with Gasteiger partial charge in [0.15, 0.2) is 5.13 Å². The number of nitrogens with one attached hydrogen (secondary N) is 1. The molecule has 0 saturated heterocycles. The zero-order chi connectivity index (χ0) is 8.27. The molecule has 1 rings (SSSR count). The molecule has 0 fully saturated rings. The summed E-state index contributed by atoms with van der Waals surface area (Å²) < 4.78 is 0. The van der Waals surface area contributed by atoms with Gasteiger partial charge in [0.2, 0.25) is 0 Å². The fourth-order valence-electron chi connectivity index (χ4n) is 0.595. The van der Waals surface area contributed by atoms with Crippen LogP contribution in [-0.2, 0) is 6.54 Å². The van der Waals surface area contributed by atoms with Crippen LogP contribution in [0.15, 0.2) is 17.8 Å². The van der Waals surface area contributed by atoms with Crippen LogP contribution in [0, 0.1) is 0 Å². The van der Waals surface area contributed by atoms with E-state index < -0.39 is 0 Å². The Hall–Kier alpha value is -1.07. The Labute approximate surface area is 68.9 Å². The number of anilines is 1. The highest BCUT2D eigenvalue weighted by Crippen LogP contribution is 2.14. The molecule has 0 aliphatic heterocycles. The van der Waals surface area contributed by atoms with Crippen molar-refractivity contribution in [1.82, 2.24) is 4.98 Å². The maximum atomic E-state index is 5.36. The van der Waals surface area contributed by atoms with Crippen molar-refractivity contribution in [2.24, 2.45) is 11.5 Å². The van der Waals surface area contributed by atoms with Crippen LogP contribution in [0.4, 0.5) is 5.13 Å². The summed E-state index contributed by atoms with van der Waals surface area (Å²) in [4.78, 5) is 4.11. The second-order valence-corrected chi connectivity index (χ2v) is 2.86. The molecule has 0 saturated carbocycles. The maximum absolute atomic E-state index is 5.36. The number of aromatic nitrogens is 1. The third kappa shape index (κ3) is 2.21. The van der Waals surface area contributed by atoms with Gasteiger partial charge in [-0.3, -0.25) is 0 Å². The summed E-state index contributed by atoms with van der Waals surface area (Å²) in [5.41, 5.74) is 11.5. The van der Waals surface area contributed by atoms with E-state index in [4.69, 9.17) is 11.5 Å². The van der Waals surface area contributed by atoms with Crippen LogP contribution in [0.5, 0.6) is 0 Å². The number of thiazole rings is 1. The Morgan fingerprint density at radius 2 is 2.55 bits per heavy atom. The molecule has 0 unspecified atom stereocenters. The molecule has 1 aromatic rings. The van der Waals surface area contributed by atoms with Crippen LogP contribution in [-0.4, -0.2) is 4.98 Å². The van der Waals surface area contributed by atoms with Crippen LogP contribution < -0.4 is 16.8 Å². The largest absolute Gasteiger partial charge is 0.386 e. The standard InChI is InChI=1S/C6H10N4S/c1-4(8)9-6-10-5(2-7)3-11-6/h3H,1-2,7-8H2,(H,9,10). The lowest BCUT2D eigenvalue weighted by Crippen LogP contribution is -2.06. The molecule has 0 spiro atoms. The zero-order valence-corrected chi connectivity index (χ0v) is 6.82. The molecule has 60 valence electrons. The van der Waals surface area contributed by atoms with Gasteiger partial charge in [0.05, 0.1) is 11.5 Å². The highest BCUT2D eigenvalue weighted by molar-refractivity contribution is 7.13. The summed E-state index contributed by atoms with van der Waals surface area (Å²) in [7, 11) is 0. The molecule has 0 aromatic carbocycles. The average Bonchev–Trinajstić information content (AvgIpc) is 2.34. The molecule has 0 bridgehead atoms. The fraction of sp³-hybridized carbons (Fsp3) is 0.167. The first kappa shape index (κ1) is 8.03. The van der Waals surface area contributed by atoms with Crippen molar-refractivity contribution < 1.29 is 0 Å². The molecule has 0 radical (unpaired) electrons. The Bertz CT molecular complexity index is 255. The SMILES string of the molecule is C=C(N)Nc1nc(CN)cs1. The summed E-state index contributed by atoms with van der Waals surface area (Å²) in [5, 5.41) is 5.41. The zero-order valence-electron chi connectivity index (χ0n) is 6.00. The van der Waals surface area contributed by atoms with Gasteiger partial charge in [0.1, 0.15) is 0 Å². The van der Waals surface area contributed by atoms with Crippen LogP contribution in [0.25, 0.3) is 0 Å². The first-order valence-electron chi connectivity index (χ1n) is 3.08. The van der Waals surface area contributed by atoms with E-state index >= 15 is 0 Å². The van der Waals surface area contributed by atoms with Gasteiger partial charge < -0.3 is 16.8 Å². The van der Waals surface area contributed by atoms with Crippen LogP contribution in [0.2, 0.25) is 0 Å². The molecule has 5 heteroatoms. The minimum Gasteiger partial charge on any atom is -0.386 e. The molecule has 0 aliphatic carbocycles. The van der Waals surface area contributed by atoms with E-state index in [-0.39, 0.29) is 0 Å². The second kappa shape index (κ2) is 3.36. The maximum Gasteiger partial charge on any atom is 0.188 e. The average molecular weight is 170 g/mol. The number of nitrogens with two attached hydrogens (primary N) is 2. The Morgan fingerprint density at radius 1 is 1.82 bits per heavy atom. The lowest BCUT2D eigenvalue weighted by Gasteiger charge is -1.97. The van der Waals surface area contributed by atoms with Gasteiger partial charge in [-0.2, -0.15) is 0 Å². The lowest BCUT2D eigenvalue weighted by atomic mass is 10.5. The minimum atomic E-state index is 0.392. The van der Waals surface area contributed by atoms with Crippen molar-refractivity contribution in [2.45, 2.75) is 6.54 Å². The van der Waals surface area contributed by atoms with Crippen molar-refractivity contribution in [3.63, 3.8) is 0 Å². The number of rotatable bonds is 3. The lowest BCUT2D eigenvalue weighted by molar-refractivity contribution is 1.01. The summed E-state index contributed by atoms with van der Waals surface area (Å²) in [5.74, 6) is 0.392. The van der Waals surface area contributed by atoms with Crippen LogP contribution in [0.1, 0.15) is 5.69 Å². The Balaban J connectivity index is 2.65. The van der Waals surface area contributed by atoms with Gasteiger partial charge in [0, 0.05) is 11.9 Å². The van der Waals surface area contributed by atoms with Crippen LogP contribution in [0.3, 0.4) is 0 Å². The molecule has 4 nitrogen and oxygen atoms in total. The first-order chi connectivity index (χ1) is 5.22. The van der Waals surface area contributed by atoms with Crippen molar-refractivity contribution >= 4 is 16.5 Å². The fourth-order valence-corrected chi connectivity index (χ4v) is 1.35. The Kier molecular flexibility index (Phi) is 2.45. The van der Waals surface area contributed by atoms with Crippen molar-refractivity contribution in [1.29, 1.82) is 0 Å². The normalized spacial score (nSPS) is 9.55. The number of hydrogen-bond acceptors (Lipinski definition) is 5. The van der Waals surface area contributed by atoms with E-state index in [0.29, 0.717) is 12.4 Å².